The number of hydrogen-bond donors (Lipinski definition) is 2. The number of alkyl halides is 2. The maximum Gasteiger partial charge on any atom is 0.387 e. The standard InChI is InChI=1S/C29H30F2N6O2/c1-19-16-21(4-7-23(19)27(38)36-14-10-29(18-36)8-11-32-12-9-29)35-25-26-34-17-24(37(26)15-13-33-25)20-2-5-22(6-3-20)39-28(30)31/h2-7,13,15-17,28,32H,8-12,14,18H2,1H3,(H,33,35). The first-order valence-electron chi connectivity index (χ1n) is 13.2. The van der Waals surface area contributed by atoms with Gasteiger partial charge in [-0.1, -0.05) is 0 Å². The van der Waals surface area contributed by atoms with Gasteiger partial charge >= 0.3 is 6.61 Å². The molecule has 202 valence electrons. The molecule has 0 unspecified atom stereocenters. The van der Waals surface area contributed by atoms with Crippen LogP contribution in [0.4, 0.5) is 20.3 Å². The predicted molar refractivity (Wildman–Crippen MR) is 145 cm³/mol. The lowest BCUT2D eigenvalue weighted by atomic mass is 9.78. The first-order chi connectivity index (χ1) is 18.9. The summed E-state index contributed by atoms with van der Waals surface area (Å²) < 4.78 is 31.3. The minimum absolute atomic E-state index is 0.0950. The van der Waals surface area contributed by atoms with E-state index in [1.54, 1.807) is 30.7 Å². The Hall–Kier alpha value is -4.05. The zero-order chi connectivity index (χ0) is 27.0. The molecule has 39 heavy (non-hydrogen) atoms. The van der Waals surface area contributed by atoms with E-state index in [1.165, 1.54) is 12.1 Å². The van der Waals surface area contributed by atoms with Crippen LogP contribution in [-0.4, -0.2) is 58.0 Å². The number of imidazole rings is 1. The average molecular weight is 533 g/mol. The van der Waals surface area contributed by atoms with Gasteiger partial charge in [-0.25, -0.2) is 9.97 Å². The summed E-state index contributed by atoms with van der Waals surface area (Å²) in [6.07, 6.45) is 8.52. The fourth-order valence-electron chi connectivity index (χ4n) is 5.79. The van der Waals surface area contributed by atoms with Crippen LogP contribution in [0.1, 0.15) is 35.2 Å². The van der Waals surface area contributed by atoms with Crippen LogP contribution in [0.25, 0.3) is 16.9 Å². The maximum atomic E-state index is 13.4. The SMILES string of the molecule is Cc1cc(Nc2nccn3c(-c4ccc(OC(F)F)cc4)cnc23)ccc1C(=O)N1CCC2(CCNCC2)C1. The highest BCUT2D eigenvalue weighted by Gasteiger charge is 2.40. The third-order valence-electron chi connectivity index (χ3n) is 7.91. The van der Waals surface area contributed by atoms with Crippen molar-refractivity contribution in [2.75, 3.05) is 31.5 Å². The second kappa shape index (κ2) is 10.3. The van der Waals surface area contributed by atoms with E-state index in [0.29, 0.717) is 11.5 Å². The summed E-state index contributed by atoms with van der Waals surface area (Å²) in [6.45, 7) is 2.80. The Morgan fingerprint density at radius 1 is 1.10 bits per heavy atom. The van der Waals surface area contributed by atoms with Crippen molar-refractivity contribution >= 4 is 23.1 Å². The van der Waals surface area contributed by atoms with Crippen LogP contribution < -0.4 is 15.4 Å². The molecule has 2 aromatic carbocycles. The number of fused-ring (bicyclic) bond motifs is 1. The number of piperidine rings is 1. The Morgan fingerprint density at radius 3 is 2.64 bits per heavy atom. The van der Waals surface area contributed by atoms with Crippen LogP contribution in [0.15, 0.2) is 61.1 Å². The number of anilines is 2. The van der Waals surface area contributed by atoms with Gasteiger partial charge in [-0.3, -0.25) is 9.20 Å². The third kappa shape index (κ3) is 5.04. The number of hydrogen-bond acceptors (Lipinski definition) is 6. The van der Waals surface area contributed by atoms with Gasteiger partial charge in [0.15, 0.2) is 11.5 Å². The van der Waals surface area contributed by atoms with E-state index in [4.69, 9.17) is 0 Å². The molecule has 1 amide bonds. The van der Waals surface area contributed by atoms with E-state index in [2.05, 4.69) is 25.3 Å². The number of halogens is 2. The molecule has 6 rings (SSSR count). The maximum absolute atomic E-state index is 13.4. The van der Waals surface area contributed by atoms with Crippen LogP contribution in [0.5, 0.6) is 5.75 Å². The molecule has 2 aliphatic rings. The first kappa shape index (κ1) is 25.2. The fourth-order valence-corrected chi connectivity index (χ4v) is 5.79. The van der Waals surface area contributed by atoms with Crippen LogP contribution in [0.3, 0.4) is 0 Å². The quantitative estimate of drug-likeness (QED) is 0.352. The number of aromatic nitrogens is 3. The second-order valence-electron chi connectivity index (χ2n) is 10.4. The second-order valence-corrected chi connectivity index (χ2v) is 10.4. The average Bonchev–Trinajstić information content (AvgIpc) is 3.54. The van der Waals surface area contributed by atoms with Gasteiger partial charge in [-0.15, -0.1) is 0 Å². The Balaban J connectivity index is 1.19. The summed E-state index contributed by atoms with van der Waals surface area (Å²) in [6, 6.07) is 12.2. The largest absolute Gasteiger partial charge is 0.435 e. The minimum atomic E-state index is -2.87. The van der Waals surface area contributed by atoms with E-state index < -0.39 is 6.61 Å². The number of carbonyl (C=O) groups excluding carboxylic acids is 1. The van der Waals surface area contributed by atoms with Gasteiger partial charge in [0.1, 0.15) is 5.75 Å². The molecule has 1 spiro atoms. The summed E-state index contributed by atoms with van der Waals surface area (Å²) in [5, 5.41) is 6.76. The fraction of sp³-hybridized carbons (Fsp3) is 0.345. The molecule has 8 nitrogen and oxygen atoms in total. The van der Waals surface area contributed by atoms with Crippen LogP contribution >= 0.6 is 0 Å². The van der Waals surface area contributed by atoms with Crippen molar-refractivity contribution in [2.45, 2.75) is 32.8 Å². The highest BCUT2D eigenvalue weighted by atomic mass is 19.3. The van der Waals surface area contributed by atoms with E-state index >= 15 is 0 Å². The van der Waals surface area contributed by atoms with Crippen molar-refractivity contribution < 1.29 is 18.3 Å². The number of aryl methyl sites for hydroxylation is 1. The molecule has 2 aromatic heterocycles. The summed E-state index contributed by atoms with van der Waals surface area (Å²) in [5.74, 6) is 0.754. The van der Waals surface area contributed by atoms with Crippen molar-refractivity contribution in [3.63, 3.8) is 0 Å². The number of likely N-dealkylation sites (tertiary alicyclic amines) is 1. The summed E-state index contributed by atoms with van der Waals surface area (Å²) in [7, 11) is 0. The van der Waals surface area contributed by atoms with Crippen molar-refractivity contribution in [1.29, 1.82) is 0 Å². The molecule has 0 bridgehead atoms. The number of carbonyl (C=O) groups is 1. The van der Waals surface area contributed by atoms with Gasteiger partial charge in [0.25, 0.3) is 5.91 Å². The molecule has 10 heteroatoms. The number of amides is 1. The molecule has 2 saturated heterocycles. The van der Waals surface area contributed by atoms with Gasteiger partial charge in [0.2, 0.25) is 0 Å². The Labute approximate surface area is 225 Å². The lowest BCUT2D eigenvalue weighted by molar-refractivity contribution is -0.0498. The molecule has 0 saturated carbocycles. The Bertz CT molecular complexity index is 1500. The summed E-state index contributed by atoms with van der Waals surface area (Å²) >= 11 is 0. The third-order valence-corrected chi connectivity index (χ3v) is 7.91. The van der Waals surface area contributed by atoms with Crippen molar-refractivity contribution in [3.8, 4) is 17.0 Å². The zero-order valence-corrected chi connectivity index (χ0v) is 21.7. The molecule has 4 heterocycles. The molecule has 0 radical (unpaired) electrons. The van der Waals surface area contributed by atoms with Gasteiger partial charge < -0.3 is 20.3 Å². The highest BCUT2D eigenvalue weighted by Crippen LogP contribution is 2.39. The molecule has 2 aliphatic heterocycles. The number of rotatable bonds is 6. The zero-order valence-electron chi connectivity index (χ0n) is 21.7. The van der Waals surface area contributed by atoms with Crippen molar-refractivity contribution in [1.82, 2.24) is 24.6 Å². The minimum Gasteiger partial charge on any atom is -0.435 e. The molecule has 0 atom stereocenters. The Kier molecular flexibility index (Phi) is 6.64. The summed E-state index contributed by atoms with van der Waals surface area (Å²) in [5.41, 5.74) is 4.90. The van der Waals surface area contributed by atoms with E-state index in [9.17, 15) is 13.6 Å². The lowest BCUT2D eigenvalue weighted by Gasteiger charge is -2.33. The highest BCUT2D eigenvalue weighted by molar-refractivity contribution is 5.96. The number of ether oxygens (including phenoxy) is 1. The molecular weight excluding hydrogens is 502 g/mol. The van der Waals surface area contributed by atoms with Crippen LogP contribution in [0, 0.1) is 12.3 Å². The topological polar surface area (TPSA) is 83.8 Å². The number of nitrogens with one attached hydrogen (secondary N) is 2. The van der Waals surface area contributed by atoms with Gasteiger partial charge in [-0.2, -0.15) is 8.78 Å². The summed E-state index contributed by atoms with van der Waals surface area (Å²) in [4.78, 5) is 24.4. The van der Waals surface area contributed by atoms with Crippen LogP contribution in [-0.2, 0) is 0 Å². The van der Waals surface area contributed by atoms with Gasteiger partial charge in [-0.05, 0) is 92.7 Å². The molecule has 2 fully saturated rings. The smallest absolute Gasteiger partial charge is 0.387 e. The van der Waals surface area contributed by atoms with Crippen LogP contribution in [0.2, 0.25) is 0 Å². The molecule has 4 aromatic rings. The lowest BCUT2D eigenvalue weighted by Crippen LogP contribution is -2.39. The molecule has 0 aliphatic carbocycles. The first-order valence-corrected chi connectivity index (χ1v) is 13.2. The Morgan fingerprint density at radius 2 is 1.90 bits per heavy atom. The van der Waals surface area contributed by atoms with E-state index in [0.717, 1.165) is 73.5 Å². The monoisotopic (exact) mass is 532 g/mol. The van der Waals surface area contributed by atoms with Gasteiger partial charge in [0.05, 0.1) is 11.9 Å². The van der Waals surface area contributed by atoms with E-state index in [-0.39, 0.29) is 17.1 Å². The van der Waals surface area contributed by atoms with Crippen molar-refractivity contribution in [2.24, 2.45) is 5.41 Å². The molecular formula is C29H30F2N6O2. The number of nitrogens with zero attached hydrogens (tertiary/aromatic N) is 4. The van der Waals surface area contributed by atoms with E-state index in [1.807, 2.05) is 34.4 Å². The normalized spacial score (nSPS) is 16.8. The van der Waals surface area contributed by atoms with Crippen molar-refractivity contribution in [3.05, 3.63) is 72.2 Å². The number of benzene rings is 2. The van der Waals surface area contributed by atoms with Gasteiger partial charge in [0, 0.05) is 42.3 Å². The predicted octanol–water partition coefficient (Wildman–Crippen LogP) is 5.27. The molecule has 2 N–H and O–H groups in total.